The lowest BCUT2D eigenvalue weighted by Gasteiger charge is -2.47. The second-order valence-electron chi connectivity index (χ2n) is 10.3. The summed E-state index contributed by atoms with van der Waals surface area (Å²) in [6, 6.07) is -0.566. The summed E-state index contributed by atoms with van der Waals surface area (Å²) in [5, 5.41) is 13.8. The van der Waals surface area contributed by atoms with E-state index in [1.165, 1.54) is 34.9 Å². The molecule has 2 amide bonds. The maximum atomic E-state index is 13.2. The number of hydrogen-bond acceptors (Lipinski definition) is 9. The standard InChI is InChI=1S/C24H31N5O5S2.H2/c1-10(6-11(2)30)17-18-12(3)20(19(23(33)34)29(18)22(17)32)35-13-7-15(26-8-13)21(31)28-5-4-14-16(9-28)36-24(25)27-14;/h10,12-13,15,17-18,26H,4-9H2,1-3H3,(H2,25,27)(H,33,34);1H/t10-,12+,13-,15-,17+,18?;/m0./s1. The molecule has 10 nitrogen and oxygen atoms in total. The van der Waals surface area contributed by atoms with Gasteiger partial charge in [-0.05, 0) is 19.3 Å². The first-order valence-corrected chi connectivity index (χ1v) is 14.0. The van der Waals surface area contributed by atoms with E-state index in [9.17, 15) is 24.3 Å². The van der Waals surface area contributed by atoms with Crippen LogP contribution >= 0.6 is 23.1 Å². The van der Waals surface area contributed by atoms with Crippen LogP contribution in [0.15, 0.2) is 10.6 Å². The summed E-state index contributed by atoms with van der Waals surface area (Å²) in [4.78, 5) is 59.3. The fourth-order valence-corrected chi connectivity index (χ4v) is 8.50. The number of nitrogens with two attached hydrogens (primary N) is 1. The number of carboxylic acids is 1. The first-order valence-electron chi connectivity index (χ1n) is 12.3. The van der Waals surface area contributed by atoms with Gasteiger partial charge in [-0.2, -0.15) is 0 Å². The number of fused-ring (bicyclic) bond motifs is 2. The van der Waals surface area contributed by atoms with E-state index in [-0.39, 0.29) is 59.8 Å². The molecule has 36 heavy (non-hydrogen) atoms. The maximum Gasteiger partial charge on any atom is 0.353 e. The number of anilines is 1. The SMILES string of the molecule is CC(=O)C[C@H](C)[C@H]1C(=O)N2C(C(=O)O)=C(S[C@@H]3CN[C@H](C(=O)N4CCc5nc(N)sc5C4)C3)[C@H](C)C12.[HH]. The molecule has 2 fully saturated rings. The minimum atomic E-state index is -1.11. The molecule has 6 atom stereocenters. The largest absolute Gasteiger partial charge is 0.477 e. The Morgan fingerprint density at radius 1 is 1.39 bits per heavy atom. The number of Topliss-reactive ketones (excluding diaryl/α,β-unsaturated/α-hetero) is 1. The number of aromatic nitrogens is 1. The van der Waals surface area contributed by atoms with Gasteiger partial charge in [0.1, 0.15) is 11.5 Å². The van der Waals surface area contributed by atoms with E-state index in [0.29, 0.717) is 48.9 Å². The van der Waals surface area contributed by atoms with E-state index in [2.05, 4.69) is 10.3 Å². The van der Waals surface area contributed by atoms with Crippen LogP contribution in [0.1, 0.15) is 45.6 Å². The van der Waals surface area contributed by atoms with Crippen LogP contribution in [0.2, 0.25) is 0 Å². The quantitative estimate of drug-likeness (QED) is 0.444. The normalized spacial score (nSPS) is 30.2. The summed E-state index contributed by atoms with van der Waals surface area (Å²) >= 11 is 2.90. The zero-order chi connectivity index (χ0) is 25.9. The Hall–Kier alpha value is -2.44. The molecular formula is C24H33N5O5S2. The van der Waals surface area contributed by atoms with Gasteiger partial charge in [-0.25, -0.2) is 9.78 Å². The Morgan fingerprint density at radius 3 is 2.83 bits per heavy atom. The molecular weight excluding hydrogens is 502 g/mol. The smallest absolute Gasteiger partial charge is 0.353 e. The predicted octanol–water partition coefficient (Wildman–Crippen LogP) is 1.71. The first kappa shape index (κ1) is 25.2. The zero-order valence-corrected chi connectivity index (χ0v) is 22.2. The summed E-state index contributed by atoms with van der Waals surface area (Å²) in [5.74, 6) is -1.87. The highest BCUT2D eigenvalue weighted by molar-refractivity contribution is 8.03. The van der Waals surface area contributed by atoms with Crippen molar-refractivity contribution in [3.63, 3.8) is 0 Å². The number of carboxylic acid groups (broad SMARTS) is 1. The second kappa shape index (κ2) is 9.46. The van der Waals surface area contributed by atoms with Crippen LogP contribution in [0.5, 0.6) is 0 Å². The molecule has 0 aliphatic carbocycles. The lowest BCUT2D eigenvalue weighted by atomic mass is 9.73. The Kier molecular flexibility index (Phi) is 6.63. The van der Waals surface area contributed by atoms with Crippen LogP contribution in [-0.2, 0) is 32.1 Å². The molecule has 5 heterocycles. The number of nitrogen functional groups attached to an aromatic ring is 1. The number of thioether (sulfide) groups is 1. The van der Waals surface area contributed by atoms with Gasteiger partial charge >= 0.3 is 5.97 Å². The monoisotopic (exact) mass is 535 g/mol. The minimum Gasteiger partial charge on any atom is -0.477 e. The van der Waals surface area contributed by atoms with Crippen LogP contribution in [0.3, 0.4) is 0 Å². The Morgan fingerprint density at radius 2 is 2.14 bits per heavy atom. The molecule has 0 aromatic carbocycles. The van der Waals surface area contributed by atoms with Crippen LogP contribution in [0.25, 0.3) is 0 Å². The minimum absolute atomic E-state index is 0. The molecule has 1 unspecified atom stereocenters. The Balaban J connectivity index is 0.00000320. The molecule has 4 N–H and O–H groups in total. The lowest BCUT2D eigenvalue weighted by Crippen LogP contribution is -2.62. The van der Waals surface area contributed by atoms with Gasteiger partial charge in [0.2, 0.25) is 11.8 Å². The number of ketones is 1. The van der Waals surface area contributed by atoms with Gasteiger partial charge in [-0.15, -0.1) is 23.1 Å². The van der Waals surface area contributed by atoms with Crippen molar-refractivity contribution >= 4 is 51.8 Å². The highest BCUT2D eigenvalue weighted by atomic mass is 32.2. The number of β-lactam (4-membered cyclic amide) rings is 1. The summed E-state index contributed by atoms with van der Waals surface area (Å²) in [6.07, 6.45) is 1.59. The van der Waals surface area contributed by atoms with Crippen molar-refractivity contribution in [2.45, 2.75) is 63.9 Å². The Labute approximate surface area is 219 Å². The van der Waals surface area contributed by atoms with Crippen LogP contribution < -0.4 is 11.1 Å². The number of nitrogens with one attached hydrogen (secondary N) is 1. The van der Waals surface area contributed by atoms with Crippen molar-refractivity contribution in [1.82, 2.24) is 20.1 Å². The van der Waals surface area contributed by atoms with E-state index in [1.54, 1.807) is 0 Å². The summed E-state index contributed by atoms with van der Waals surface area (Å²) in [6.45, 7) is 7.07. The van der Waals surface area contributed by atoms with E-state index in [0.717, 1.165) is 10.6 Å². The molecule has 5 rings (SSSR count). The molecule has 12 heteroatoms. The number of carbonyl (C=O) groups excluding carboxylic acids is 3. The third-order valence-electron chi connectivity index (χ3n) is 7.76. The Bertz CT molecular complexity index is 1170. The van der Waals surface area contributed by atoms with Gasteiger partial charge in [0.05, 0.1) is 30.2 Å². The predicted molar refractivity (Wildman–Crippen MR) is 138 cm³/mol. The third kappa shape index (κ3) is 4.22. The van der Waals surface area contributed by atoms with Crippen molar-refractivity contribution in [3.05, 3.63) is 21.2 Å². The number of thiazole rings is 1. The molecule has 0 spiro atoms. The van der Waals surface area contributed by atoms with Crippen LogP contribution in [0.4, 0.5) is 5.13 Å². The summed E-state index contributed by atoms with van der Waals surface area (Å²) < 4.78 is 0. The topological polar surface area (TPSA) is 146 Å². The van der Waals surface area contributed by atoms with Crippen molar-refractivity contribution < 1.29 is 25.7 Å². The van der Waals surface area contributed by atoms with Gasteiger partial charge in [0.15, 0.2) is 5.13 Å². The number of rotatable bonds is 7. The van der Waals surface area contributed by atoms with Crippen molar-refractivity contribution in [3.8, 4) is 0 Å². The van der Waals surface area contributed by atoms with Crippen LogP contribution in [-0.4, -0.2) is 73.9 Å². The molecule has 4 aliphatic rings. The van der Waals surface area contributed by atoms with E-state index in [4.69, 9.17) is 5.73 Å². The van der Waals surface area contributed by atoms with E-state index < -0.39 is 5.97 Å². The second-order valence-corrected chi connectivity index (χ2v) is 12.7. The summed E-state index contributed by atoms with van der Waals surface area (Å²) in [7, 11) is 0. The first-order chi connectivity index (χ1) is 17.1. The zero-order valence-electron chi connectivity index (χ0n) is 20.5. The average Bonchev–Trinajstić information content (AvgIpc) is 3.47. The van der Waals surface area contributed by atoms with E-state index >= 15 is 0 Å². The summed E-state index contributed by atoms with van der Waals surface area (Å²) in [5.41, 5.74) is 6.87. The highest BCUT2D eigenvalue weighted by Crippen LogP contribution is 2.53. The maximum absolute atomic E-state index is 13.2. The van der Waals surface area contributed by atoms with Crippen molar-refractivity contribution in [2.75, 3.05) is 18.8 Å². The lowest BCUT2D eigenvalue weighted by molar-refractivity contribution is -0.160. The molecule has 2 saturated heterocycles. The number of aliphatic carboxylic acids is 1. The molecule has 4 aliphatic heterocycles. The molecule has 1 aromatic rings. The molecule has 0 radical (unpaired) electrons. The highest BCUT2D eigenvalue weighted by Gasteiger charge is 2.60. The van der Waals surface area contributed by atoms with E-state index in [1.807, 2.05) is 18.7 Å². The fourth-order valence-electron chi connectivity index (χ4n) is 6.13. The van der Waals surface area contributed by atoms with Gasteiger partial charge in [0, 0.05) is 48.3 Å². The van der Waals surface area contributed by atoms with Crippen LogP contribution in [0, 0.1) is 17.8 Å². The number of hydrogen-bond donors (Lipinski definition) is 3. The van der Waals surface area contributed by atoms with Gasteiger partial charge < -0.3 is 30.8 Å². The molecule has 1 aromatic heterocycles. The number of carbonyl (C=O) groups is 4. The molecule has 196 valence electrons. The van der Waals surface area contributed by atoms with Gasteiger partial charge in [-0.3, -0.25) is 9.59 Å². The average molecular weight is 536 g/mol. The van der Waals surface area contributed by atoms with Gasteiger partial charge in [-0.1, -0.05) is 13.8 Å². The fraction of sp³-hybridized carbons (Fsp3) is 0.625. The van der Waals surface area contributed by atoms with Crippen molar-refractivity contribution in [1.29, 1.82) is 0 Å². The van der Waals surface area contributed by atoms with Gasteiger partial charge in [0.25, 0.3) is 0 Å². The van der Waals surface area contributed by atoms with Crippen molar-refractivity contribution in [2.24, 2.45) is 17.8 Å². The molecule has 0 bridgehead atoms. The molecule has 0 saturated carbocycles. The number of nitrogens with zero attached hydrogens (tertiary/aromatic N) is 3. The number of amides is 2. The third-order valence-corrected chi connectivity index (χ3v) is 10.2.